The molecule has 0 unspecified atom stereocenters. The first-order valence-corrected chi connectivity index (χ1v) is 17.1. The van der Waals surface area contributed by atoms with Gasteiger partial charge in [-0.1, -0.05) is 96.1 Å². The summed E-state index contributed by atoms with van der Waals surface area (Å²) in [5.41, 5.74) is 1.63. The van der Waals surface area contributed by atoms with Crippen molar-refractivity contribution in [3.8, 4) is 11.1 Å². The molecule has 0 bridgehead atoms. The minimum atomic E-state index is -1.20. The van der Waals surface area contributed by atoms with Crippen LogP contribution in [0.25, 0.3) is 11.1 Å². The molecule has 0 aliphatic heterocycles. The van der Waals surface area contributed by atoms with E-state index >= 15 is 0 Å². The molecule has 52 heavy (non-hydrogen) atoms. The molecule has 5 atom stereocenters. The van der Waals surface area contributed by atoms with Crippen LogP contribution in [0.3, 0.4) is 0 Å². The third-order valence-corrected chi connectivity index (χ3v) is 8.61. The number of pyridine rings is 1. The topological polar surface area (TPSA) is 168 Å². The zero-order valence-corrected chi connectivity index (χ0v) is 31.2. The Morgan fingerprint density at radius 2 is 1.23 bits per heavy atom. The fraction of sp³-hybridized carbons (Fsp3) is 0.462. The number of aliphatic hydroxyl groups is 1. The molecule has 4 amide bonds. The Hall–Kier alpha value is -5.04. The lowest BCUT2D eigenvalue weighted by molar-refractivity contribution is -0.128. The smallest absolute Gasteiger partial charge is 0.407 e. The fourth-order valence-corrected chi connectivity index (χ4v) is 5.75. The molecule has 1 aromatic heterocycles. The van der Waals surface area contributed by atoms with E-state index in [-0.39, 0.29) is 12.8 Å². The van der Waals surface area contributed by atoms with Gasteiger partial charge in [0.25, 0.3) is 0 Å². The maximum Gasteiger partial charge on any atom is 0.407 e. The number of carbonyl (C=O) groups excluding carboxylic acids is 4. The minimum Gasteiger partial charge on any atom is -0.453 e. The van der Waals surface area contributed by atoms with E-state index in [0.717, 1.165) is 16.7 Å². The summed E-state index contributed by atoms with van der Waals surface area (Å²) in [7, 11) is 2.42. The summed E-state index contributed by atoms with van der Waals surface area (Å²) in [4.78, 5) is 55.6. The number of methoxy groups -OCH3 is 2. The summed E-state index contributed by atoms with van der Waals surface area (Å²) < 4.78 is 23.3. The molecule has 5 N–H and O–H groups in total. The van der Waals surface area contributed by atoms with Crippen molar-refractivity contribution in [2.75, 3.05) is 14.2 Å². The number of nitrogens with one attached hydrogen (secondary N) is 4. The van der Waals surface area contributed by atoms with Crippen molar-refractivity contribution in [1.82, 2.24) is 26.3 Å². The number of amides is 4. The highest BCUT2D eigenvalue weighted by Gasteiger charge is 2.37. The number of hydrogen-bond donors (Lipinski definition) is 5. The number of benzene rings is 2. The Morgan fingerprint density at radius 1 is 0.712 bits per heavy atom. The number of nitrogens with zero attached hydrogens (tertiary/aromatic N) is 1. The molecule has 0 fully saturated rings. The van der Waals surface area contributed by atoms with Gasteiger partial charge in [-0.05, 0) is 58.4 Å². The molecule has 0 aliphatic carbocycles. The molecule has 3 rings (SSSR count). The monoisotopic (exact) mass is 721 g/mol. The summed E-state index contributed by atoms with van der Waals surface area (Å²) in [6.45, 7) is 10.8. The van der Waals surface area contributed by atoms with Crippen LogP contribution in [-0.2, 0) is 31.9 Å². The Bertz CT molecular complexity index is 1640. The highest BCUT2D eigenvalue weighted by molar-refractivity contribution is 5.87. The normalized spacial score (nSPS) is 14.5. The number of ether oxygens (including phenoxy) is 2. The third kappa shape index (κ3) is 12.6. The first-order valence-electron chi connectivity index (χ1n) is 17.1. The van der Waals surface area contributed by atoms with Crippen molar-refractivity contribution in [1.29, 1.82) is 0 Å². The number of alkyl carbamates (subject to hydrolysis) is 2. The van der Waals surface area contributed by atoms with Gasteiger partial charge in [0.1, 0.15) is 12.1 Å². The Kier molecular flexibility index (Phi) is 14.7. The number of hydrogen-bond acceptors (Lipinski definition) is 8. The largest absolute Gasteiger partial charge is 0.453 e. The first-order chi connectivity index (χ1) is 24.4. The van der Waals surface area contributed by atoms with Crippen molar-refractivity contribution in [3.63, 3.8) is 0 Å². The lowest BCUT2D eigenvalue weighted by Gasteiger charge is -2.34. The molecule has 0 aliphatic rings. The fourth-order valence-electron chi connectivity index (χ4n) is 5.75. The van der Waals surface area contributed by atoms with Gasteiger partial charge in [-0.2, -0.15) is 4.39 Å². The highest BCUT2D eigenvalue weighted by atomic mass is 19.1. The number of rotatable bonds is 14. The van der Waals surface area contributed by atoms with Crippen molar-refractivity contribution in [2.45, 2.75) is 91.1 Å². The number of halogens is 1. The van der Waals surface area contributed by atoms with E-state index in [2.05, 4.69) is 26.3 Å². The van der Waals surface area contributed by atoms with Crippen LogP contribution in [0.2, 0.25) is 0 Å². The van der Waals surface area contributed by atoms with Gasteiger partial charge >= 0.3 is 12.2 Å². The van der Waals surface area contributed by atoms with E-state index in [4.69, 9.17) is 9.47 Å². The molecule has 0 saturated heterocycles. The van der Waals surface area contributed by atoms with Crippen molar-refractivity contribution < 1.29 is 38.1 Å². The van der Waals surface area contributed by atoms with Crippen molar-refractivity contribution in [3.05, 3.63) is 90.0 Å². The van der Waals surface area contributed by atoms with Gasteiger partial charge in [-0.15, -0.1) is 0 Å². The second-order valence-corrected chi connectivity index (χ2v) is 15.0. The lowest BCUT2D eigenvalue weighted by atomic mass is 9.85. The summed E-state index contributed by atoms with van der Waals surface area (Å²) in [6, 6.07) is 16.2. The minimum absolute atomic E-state index is 0.0136. The molecular formula is C39H52FN5O7. The quantitative estimate of drug-likeness (QED) is 0.146. The Morgan fingerprint density at radius 3 is 1.73 bits per heavy atom. The SMILES string of the molecule is COC(=O)N[C@H](C(=O)N[C@@H](Cc1ccccc1)C[C@H](O)[C@H](Cc1ccc(-c2ccnc(F)c2)cc1)NC(=O)[C@@H](NC(=O)OC)C(C)(C)C)C(C)(C)C. The van der Waals surface area contributed by atoms with Gasteiger partial charge in [-0.25, -0.2) is 14.6 Å². The lowest BCUT2D eigenvalue weighted by Crippen LogP contribution is -2.59. The van der Waals surface area contributed by atoms with E-state index in [9.17, 15) is 28.7 Å². The van der Waals surface area contributed by atoms with Gasteiger partial charge in [-0.3, -0.25) is 9.59 Å². The van der Waals surface area contributed by atoms with Gasteiger partial charge in [0.15, 0.2) is 0 Å². The molecule has 282 valence electrons. The molecule has 0 radical (unpaired) electrons. The molecule has 13 heteroatoms. The van der Waals surface area contributed by atoms with E-state index in [1.807, 2.05) is 75.4 Å². The number of aliphatic hydroxyl groups excluding tert-OH is 1. The molecule has 3 aromatic rings. The molecule has 12 nitrogen and oxygen atoms in total. The van der Waals surface area contributed by atoms with Crippen molar-refractivity contribution >= 4 is 24.0 Å². The van der Waals surface area contributed by atoms with Crippen LogP contribution in [0.5, 0.6) is 0 Å². The second-order valence-electron chi connectivity index (χ2n) is 15.0. The summed E-state index contributed by atoms with van der Waals surface area (Å²) in [6.07, 6.45) is -0.833. The van der Waals surface area contributed by atoms with E-state index < -0.39 is 71.0 Å². The molecule has 0 spiro atoms. The predicted octanol–water partition coefficient (Wildman–Crippen LogP) is 4.93. The molecule has 0 saturated carbocycles. The predicted molar refractivity (Wildman–Crippen MR) is 196 cm³/mol. The standard InChI is InChI=1S/C39H52FN5O7/c1-38(2,3)32(44-36(49)51-7)34(47)42-28(20-24-12-10-9-11-13-24)23-30(46)29(43-35(48)33(39(4,5)6)45-37(50)52-8)21-25-14-16-26(17-15-25)27-18-19-41-31(40)22-27/h9-19,22,28-30,32-33,46H,20-21,23H2,1-8H3,(H,42,47)(H,43,48)(H,44,49)(H,45,50)/t28-,29-,30-,32+,33+/m0/s1. The van der Waals surface area contributed by atoms with Crippen molar-refractivity contribution in [2.24, 2.45) is 10.8 Å². The maximum atomic E-state index is 13.8. The van der Waals surface area contributed by atoms with Crippen LogP contribution < -0.4 is 21.3 Å². The van der Waals surface area contributed by atoms with Crippen LogP contribution in [0.4, 0.5) is 14.0 Å². The van der Waals surface area contributed by atoms with Gasteiger partial charge < -0.3 is 35.8 Å². The summed E-state index contributed by atoms with van der Waals surface area (Å²) in [5, 5.41) is 23.1. The van der Waals surface area contributed by atoms with Crippen LogP contribution in [-0.4, -0.2) is 78.6 Å². The summed E-state index contributed by atoms with van der Waals surface area (Å²) in [5.74, 6) is -1.61. The van der Waals surface area contributed by atoms with Crippen LogP contribution in [0, 0.1) is 16.8 Å². The van der Waals surface area contributed by atoms with Gasteiger partial charge in [0.05, 0.1) is 26.4 Å². The molecular weight excluding hydrogens is 669 g/mol. The second kappa shape index (κ2) is 18.5. The summed E-state index contributed by atoms with van der Waals surface area (Å²) >= 11 is 0. The molecule has 1 heterocycles. The van der Waals surface area contributed by atoms with Crippen LogP contribution in [0.1, 0.15) is 59.1 Å². The van der Waals surface area contributed by atoms with Crippen LogP contribution in [0.15, 0.2) is 72.9 Å². The van der Waals surface area contributed by atoms with Gasteiger partial charge in [0.2, 0.25) is 17.8 Å². The van der Waals surface area contributed by atoms with Crippen LogP contribution >= 0.6 is 0 Å². The van der Waals surface area contributed by atoms with E-state index in [1.165, 1.54) is 26.5 Å². The Balaban J connectivity index is 1.97. The highest BCUT2D eigenvalue weighted by Crippen LogP contribution is 2.24. The zero-order valence-electron chi connectivity index (χ0n) is 31.2. The van der Waals surface area contributed by atoms with E-state index in [1.54, 1.807) is 26.8 Å². The number of carbonyl (C=O) groups is 4. The van der Waals surface area contributed by atoms with E-state index in [0.29, 0.717) is 12.0 Å². The average Bonchev–Trinajstić information content (AvgIpc) is 3.08. The Labute approximate surface area is 305 Å². The third-order valence-electron chi connectivity index (χ3n) is 8.61. The van der Waals surface area contributed by atoms with Gasteiger partial charge in [0, 0.05) is 18.3 Å². The zero-order chi connectivity index (χ0) is 38.6. The maximum absolute atomic E-state index is 13.8. The average molecular weight is 722 g/mol. The number of aromatic nitrogens is 1. The molecule has 2 aromatic carbocycles. The first kappa shape index (κ1) is 41.4.